The molecule has 0 bridgehead atoms. The molecule has 1 heterocycles. The maximum absolute atomic E-state index is 4.36. The number of thioether (sulfide) groups is 1. The first-order valence-electron chi connectivity index (χ1n) is 8.11. The number of nitrogens with zero attached hydrogens (tertiary/aromatic N) is 2. The van der Waals surface area contributed by atoms with E-state index in [0.29, 0.717) is 6.04 Å². The monoisotopic (exact) mass is 314 g/mol. The molecule has 0 amide bonds. The number of hydrogen-bond donors (Lipinski definition) is 2. The lowest BCUT2D eigenvalue weighted by Crippen LogP contribution is -2.50. The minimum Gasteiger partial charge on any atom is -0.355 e. The Hall–Kier alpha value is -0.420. The molecule has 2 N–H and O–H groups in total. The Morgan fingerprint density at radius 2 is 1.95 bits per heavy atom. The van der Waals surface area contributed by atoms with E-state index in [-0.39, 0.29) is 4.75 Å². The van der Waals surface area contributed by atoms with Crippen LogP contribution in [-0.4, -0.2) is 61.1 Å². The van der Waals surface area contributed by atoms with Crippen LogP contribution in [0.5, 0.6) is 0 Å². The second-order valence-electron chi connectivity index (χ2n) is 7.00. The summed E-state index contributed by atoms with van der Waals surface area (Å²) in [5.41, 5.74) is 0. The highest BCUT2D eigenvalue weighted by Crippen LogP contribution is 2.19. The fourth-order valence-corrected chi connectivity index (χ4v) is 2.75. The van der Waals surface area contributed by atoms with Crippen LogP contribution in [0, 0.1) is 5.92 Å². The second-order valence-corrected chi connectivity index (χ2v) is 8.52. The van der Waals surface area contributed by atoms with E-state index in [1.807, 2.05) is 18.8 Å². The third kappa shape index (κ3) is 7.41. The molecule has 0 aliphatic carbocycles. The first kappa shape index (κ1) is 18.6. The molecule has 5 heteroatoms. The van der Waals surface area contributed by atoms with Gasteiger partial charge < -0.3 is 15.5 Å². The molecule has 1 fully saturated rings. The summed E-state index contributed by atoms with van der Waals surface area (Å²) >= 11 is 1.88. The third-order valence-corrected chi connectivity index (χ3v) is 5.26. The molecule has 0 spiro atoms. The number of rotatable bonds is 6. The van der Waals surface area contributed by atoms with Crippen molar-refractivity contribution in [3.8, 4) is 0 Å². The van der Waals surface area contributed by atoms with Crippen molar-refractivity contribution in [2.75, 3.05) is 39.5 Å². The molecule has 21 heavy (non-hydrogen) atoms. The smallest absolute Gasteiger partial charge is 0.191 e. The van der Waals surface area contributed by atoms with Crippen molar-refractivity contribution < 1.29 is 0 Å². The zero-order chi connectivity index (χ0) is 15.9. The van der Waals surface area contributed by atoms with Crippen LogP contribution in [0.15, 0.2) is 4.99 Å². The molecule has 0 aromatic carbocycles. The van der Waals surface area contributed by atoms with Gasteiger partial charge in [-0.1, -0.05) is 13.8 Å². The first-order valence-corrected chi connectivity index (χ1v) is 9.33. The van der Waals surface area contributed by atoms with Gasteiger partial charge in [-0.05, 0) is 38.9 Å². The average Bonchev–Trinajstić information content (AvgIpc) is 2.44. The molecular weight excluding hydrogens is 280 g/mol. The van der Waals surface area contributed by atoms with Gasteiger partial charge in [-0.25, -0.2) is 0 Å². The molecule has 124 valence electrons. The normalized spacial score (nSPS) is 19.1. The van der Waals surface area contributed by atoms with Gasteiger partial charge in [-0.3, -0.25) is 4.99 Å². The zero-order valence-electron chi connectivity index (χ0n) is 14.7. The number of hydrogen-bond acceptors (Lipinski definition) is 3. The number of likely N-dealkylation sites (tertiary alicyclic amines) is 1. The highest BCUT2D eigenvalue weighted by molar-refractivity contribution is 7.99. The standard InChI is InChI=1S/C16H34N4S/c1-13(2)11-20-9-7-14(8-10-20)19-15(17-5)18-12-16(3,4)21-6/h13-14H,7-12H2,1-6H3,(H2,17,18,19). The SMILES string of the molecule is CN=C(NCC(C)(C)SC)NC1CCN(CC(C)C)CC1. The van der Waals surface area contributed by atoms with Crippen LogP contribution < -0.4 is 10.6 Å². The van der Waals surface area contributed by atoms with Crippen LogP contribution >= 0.6 is 11.8 Å². The Bertz CT molecular complexity index is 320. The molecule has 0 radical (unpaired) electrons. The van der Waals surface area contributed by atoms with Gasteiger partial charge in [0, 0.05) is 44.0 Å². The predicted molar refractivity (Wildman–Crippen MR) is 96.4 cm³/mol. The van der Waals surface area contributed by atoms with Crippen molar-refractivity contribution in [1.82, 2.24) is 15.5 Å². The molecule has 1 aliphatic rings. The maximum atomic E-state index is 4.36. The van der Waals surface area contributed by atoms with Crippen molar-refractivity contribution in [2.45, 2.75) is 51.3 Å². The fourth-order valence-electron chi connectivity index (χ4n) is 2.53. The summed E-state index contributed by atoms with van der Waals surface area (Å²) in [5, 5.41) is 7.03. The Morgan fingerprint density at radius 1 is 1.33 bits per heavy atom. The van der Waals surface area contributed by atoms with Crippen molar-refractivity contribution in [1.29, 1.82) is 0 Å². The molecule has 0 saturated carbocycles. The third-order valence-electron chi connectivity index (χ3n) is 4.01. The molecule has 0 aromatic rings. The molecule has 0 unspecified atom stereocenters. The minimum absolute atomic E-state index is 0.234. The number of guanidine groups is 1. The molecule has 1 aliphatic heterocycles. The zero-order valence-corrected chi connectivity index (χ0v) is 15.5. The van der Waals surface area contributed by atoms with Gasteiger partial charge in [-0.15, -0.1) is 0 Å². The van der Waals surface area contributed by atoms with E-state index in [0.717, 1.165) is 18.4 Å². The molecule has 0 aromatic heterocycles. The summed E-state index contributed by atoms with van der Waals surface area (Å²) in [4.78, 5) is 6.94. The summed E-state index contributed by atoms with van der Waals surface area (Å²) in [5.74, 6) is 1.71. The van der Waals surface area contributed by atoms with Gasteiger partial charge in [0.2, 0.25) is 0 Å². The van der Waals surface area contributed by atoms with Crippen molar-refractivity contribution >= 4 is 17.7 Å². The van der Waals surface area contributed by atoms with Crippen LogP contribution in [0.3, 0.4) is 0 Å². The molecular formula is C16H34N4S. The van der Waals surface area contributed by atoms with Gasteiger partial charge >= 0.3 is 0 Å². The summed E-state index contributed by atoms with van der Waals surface area (Å²) in [6, 6.07) is 0.553. The highest BCUT2D eigenvalue weighted by Gasteiger charge is 2.21. The molecule has 1 saturated heterocycles. The average molecular weight is 315 g/mol. The summed E-state index contributed by atoms with van der Waals surface area (Å²) in [6.45, 7) is 13.6. The van der Waals surface area contributed by atoms with E-state index in [1.54, 1.807) is 0 Å². The van der Waals surface area contributed by atoms with Crippen LogP contribution in [0.25, 0.3) is 0 Å². The Kier molecular flexibility index (Phi) is 7.88. The summed E-state index contributed by atoms with van der Waals surface area (Å²) < 4.78 is 0.234. The van der Waals surface area contributed by atoms with Gasteiger partial charge in [0.1, 0.15) is 0 Å². The summed E-state index contributed by atoms with van der Waals surface area (Å²) in [6.07, 6.45) is 4.57. The lowest BCUT2D eigenvalue weighted by Gasteiger charge is -2.34. The van der Waals surface area contributed by atoms with E-state index in [9.17, 15) is 0 Å². The quantitative estimate of drug-likeness (QED) is 0.583. The van der Waals surface area contributed by atoms with Crippen LogP contribution in [-0.2, 0) is 0 Å². The van der Waals surface area contributed by atoms with Crippen molar-refractivity contribution in [3.05, 3.63) is 0 Å². The lowest BCUT2D eigenvalue weighted by atomic mass is 10.0. The van der Waals surface area contributed by atoms with Gasteiger partial charge in [-0.2, -0.15) is 11.8 Å². The van der Waals surface area contributed by atoms with Crippen LogP contribution in [0.4, 0.5) is 0 Å². The van der Waals surface area contributed by atoms with Gasteiger partial charge in [0.25, 0.3) is 0 Å². The van der Waals surface area contributed by atoms with E-state index >= 15 is 0 Å². The topological polar surface area (TPSA) is 39.7 Å². The molecule has 1 rings (SSSR count). The fraction of sp³-hybridized carbons (Fsp3) is 0.938. The van der Waals surface area contributed by atoms with E-state index in [2.05, 4.69) is 54.5 Å². The van der Waals surface area contributed by atoms with Gasteiger partial charge in [0.05, 0.1) is 0 Å². The molecule has 0 atom stereocenters. The largest absolute Gasteiger partial charge is 0.355 e. The Morgan fingerprint density at radius 3 is 2.43 bits per heavy atom. The van der Waals surface area contributed by atoms with Gasteiger partial charge in [0.15, 0.2) is 5.96 Å². The van der Waals surface area contributed by atoms with Crippen molar-refractivity contribution in [2.24, 2.45) is 10.9 Å². The number of aliphatic imine (C=N–C) groups is 1. The lowest BCUT2D eigenvalue weighted by molar-refractivity contribution is 0.187. The first-order chi connectivity index (χ1) is 9.86. The number of nitrogens with one attached hydrogen (secondary N) is 2. The Labute approximate surface area is 135 Å². The number of piperidine rings is 1. The summed E-state index contributed by atoms with van der Waals surface area (Å²) in [7, 11) is 1.86. The Balaban J connectivity index is 2.32. The van der Waals surface area contributed by atoms with Crippen LogP contribution in [0.1, 0.15) is 40.5 Å². The van der Waals surface area contributed by atoms with E-state index in [1.165, 1.54) is 32.5 Å². The molecule has 4 nitrogen and oxygen atoms in total. The predicted octanol–water partition coefficient (Wildman–Crippen LogP) is 2.41. The van der Waals surface area contributed by atoms with Crippen LogP contribution in [0.2, 0.25) is 0 Å². The van der Waals surface area contributed by atoms with Crippen molar-refractivity contribution in [3.63, 3.8) is 0 Å². The second kappa shape index (κ2) is 8.89. The minimum atomic E-state index is 0.234. The highest BCUT2D eigenvalue weighted by atomic mass is 32.2. The van der Waals surface area contributed by atoms with E-state index < -0.39 is 0 Å². The van der Waals surface area contributed by atoms with E-state index in [4.69, 9.17) is 0 Å². The maximum Gasteiger partial charge on any atom is 0.191 e.